The fourth-order valence-corrected chi connectivity index (χ4v) is 3.36. The Kier molecular flexibility index (Phi) is 6.61. The first-order valence-corrected chi connectivity index (χ1v) is 8.23. The second-order valence-electron chi connectivity index (χ2n) is 6.06. The van der Waals surface area contributed by atoms with E-state index in [2.05, 4.69) is 10.6 Å². The molecule has 116 valence electrons. The molecule has 0 aromatic carbocycles. The fraction of sp³-hybridized carbons (Fsp3) is 0.846. The Balaban J connectivity index is 2.62. The number of nitrogens with zero attached hydrogens (tertiary/aromatic N) is 1. The van der Waals surface area contributed by atoms with Crippen LogP contribution in [0.5, 0.6) is 0 Å². The molecular formula is C13H25N3O3S. The standard InChI is InChI=1S/C13H25N3O3S/c1-13(2,3)11(15-12(18)14-6-8-17)10-16-7-4-5-9-20(16)19/h8,11H,4-7,9-10H2,1-3H3,(H2,14,15,18). The van der Waals surface area contributed by atoms with Gasteiger partial charge in [0.05, 0.1) is 17.5 Å². The van der Waals surface area contributed by atoms with Crippen molar-refractivity contribution in [2.75, 3.05) is 25.4 Å². The number of hydrogen-bond acceptors (Lipinski definition) is 3. The van der Waals surface area contributed by atoms with Gasteiger partial charge in [0.25, 0.3) is 0 Å². The molecule has 0 aliphatic carbocycles. The summed E-state index contributed by atoms with van der Waals surface area (Å²) < 4.78 is 13.9. The molecule has 2 atom stereocenters. The van der Waals surface area contributed by atoms with Crippen LogP contribution in [0.2, 0.25) is 0 Å². The lowest BCUT2D eigenvalue weighted by Crippen LogP contribution is -2.54. The first-order valence-electron chi connectivity index (χ1n) is 6.96. The molecule has 0 spiro atoms. The highest BCUT2D eigenvalue weighted by molar-refractivity contribution is 7.82. The van der Waals surface area contributed by atoms with Gasteiger partial charge < -0.3 is 15.4 Å². The van der Waals surface area contributed by atoms with Crippen LogP contribution in [0.4, 0.5) is 4.79 Å². The van der Waals surface area contributed by atoms with Gasteiger partial charge in [-0.3, -0.25) is 0 Å². The lowest BCUT2D eigenvalue weighted by molar-refractivity contribution is -0.107. The molecule has 1 fully saturated rings. The van der Waals surface area contributed by atoms with E-state index in [1.807, 2.05) is 25.1 Å². The summed E-state index contributed by atoms with van der Waals surface area (Å²) in [7, 11) is -0.948. The predicted molar refractivity (Wildman–Crippen MR) is 79.7 cm³/mol. The molecule has 1 rings (SSSR count). The summed E-state index contributed by atoms with van der Waals surface area (Å²) in [5, 5.41) is 5.35. The maximum Gasteiger partial charge on any atom is 0.315 e. The highest BCUT2D eigenvalue weighted by atomic mass is 32.2. The maximum atomic E-state index is 12.0. The minimum absolute atomic E-state index is 0.00165. The Morgan fingerprint density at radius 1 is 1.40 bits per heavy atom. The van der Waals surface area contributed by atoms with Crippen LogP contribution in [0.3, 0.4) is 0 Å². The summed E-state index contributed by atoms with van der Waals surface area (Å²) in [5.41, 5.74) is -0.153. The van der Waals surface area contributed by atoms with Crippen molar-refractivity contribution in [1.82, 2.24) is 14.9 Å². The number of carbonyl (C=O) groups excluding carboxylic acids is 2. The normalized spacial score (nSPS) is 22.1. The van der Waals surface area contributed by atoms with Crippen LogP contribution >= 0.6 is 0 Å². The van der Waals surface area contributed by atoms with Crippen molar-refractivity contribution in [3.8, 4) is 0 Å². The van der Waals surface area contributed by atoms with E-state index in [1.54, 1.807) is 0 Å². The van der Waals surface area contributed by atoms with Crippen LogP contribution in [0, 0.1) is 5.41 Å². The monoisotopic (exact) mass is 303 g/mol. The Bertz CT molecular complexity index is 368. The molecule has 20 heavy (non-hydrogen) atoms. The minimum atomic E-state index is -0.948. The lowest BCUT2D eigenvalue weighted by atomic mass is 9.86. The molecule has 2 unspecified atom stereocenters. The molecule has 2 amide bonds. The number of hydrogen-bond donors (Lipinski definition) is 2. The van der Waals surface area contributed by atoms with Gasteiger partial charge in [-0.05, 0) is 18.3 Å². The Labute approximate surface area is 123 Å². The van der Waals surface area contributed by atoms with Gasteiger partial charge in [0, 0.05) is 24.9 Å². The Hall–Kier alpha value is -0.950. The van der Waals surface area contributed by atoms with Crippen molar-refractivity contribution in [3.05, 3.63) is 0 Å². The lowest BCUT2D eigenvalue weighted by Gasteiger charge is -2.36. The molecule has 0 bridgehead atoms. The van der Waals surface area contributed by atoms with Gasteiger partial charge in [-0.1, -0.05) is 20.8 Å². The van der Waals surface area contributed by atoms with Gasteiger partial charge in [0.1, 0.15) is 6.29 Å². The summed E-state index contributed by atoms with van der Waals surface area (Å²) in [6, 6.07) is -0.490. The molecule has 1 saturated heterocycles. The molecule has 0 saturated carbocycles. The fourth-order valence-electron chi connectivity index (χ4n) is 2.00. The van der Waals surface area contributed by atoms with E-state index in [0.717, 1.165) is 19.4 Å². The van der Waals surface area contributed by atoms with Gasteiger partial charge in [0.2, 0.25) is 0 Å². The number of nitrogens with one attached hydrogen (secondary N) is 2. The third kappa shape index (κ3) is 5.58. The summed E-state index contributed by atoms with van der Waals surface area (Å²) >= 11 is 0. The van der Waals surface area contributed by atoms with Crippen molar-refractivity contribution in [1.29, 1.82) is 0 Å². The first kappa shape index (κ1) is 17.1. The molecule has 0 radical (unpaired) electrons. The third-order valence-electron chi connectivity index (χ3n) is 3.35. The molecule has 1 aliphatic heterocycles. The topological polar surface area (TPSA) is 78.5 Å². The smallest absolute Gasteiger partial charge is 0.315 e. The van der Waals surface area contributed by atoms with E-state index in [9.17, 15) is 13.8 Å². The summed E-state index contributed by atoms with van der Waals surface area (Å²) in [4.78, 5) is 22.0. The van der Waals surface area contributed by atoms with E-state index >= 15 is 0 Å². The Morgan fingerprint density at radius 3 is 2.65 bits per heavy atom. The van der Waals surface area contributed by atoms with Crippen molar-refractivity contribution >= 4 is 23.3 Å². The quantitative estimate of drug-likeness (QED) is 0.732. The molecule has 7 heteroatoms. The first-order chi connectivity index (χ1) is 9.34. The Morgan fingerprint density at radius 2 is 2.10 bits per heavy atom. The second-order valence-corrected chi connectivity index (χ2v) is 7.63. The highest BCUT2D eigenvalue weighted by Gasteiger charge is 2.30. The molecule has 1 heterocycles. The average Bonchev–Trinajstić information content (AvgIpc) is 2.37. The zero-order valence-corrected chi connectivity index (χ0v) is 13.3. The number of amides is 2. The molecule has 6 nitrogen and oxygen atoms in total. The highest BCUT2D eigenvalue weighted by Crippen LogP contribution is 2.22. The molecule has 0 aromatic rings. The minimum Gasteiger partial charge on any atom is -0.334 e. The number of aldehydes is 1. The van der Waals surface area contributed by atoms with E-state index < -0.39 is 11.0 Å². The van der Waals surface area contributed by atoms with Gasteiger partial charge in [-0.15, -0.1) is 0 Å². The third-order valence-corrected chi connectivity index (χ3v) is 4.89. The van der Waals surface area contributed by atoms with Crippen molar-refractivity contribution in [3.63, 3.8) is 0 Å². The summed E-state index contributed by atoms with van der Waals surface area (Å²) in [5.74, 6) is 0.703. The summed E-state index contributed by atoms with van der Waals surface area (Å²) in [6.45, 7) is 7.46. The summed E-state index contributed by atoms with van der Waals surface area (Å²) in [6.07, 6.45) is 2.68. The molecule has 2 N–H and O–H groups in total. The average molecular weight is 303 g/mol. The van der Waals surface area contributed by atoms with Crippen LogP contribution in [0.25, 0.3) is 0 Å². The predicted octanol–water partition coefficient (Wildman–Crippen LogP) is 0.659. The van der Waals surface area contributed by atoms with Crippen molar-refractivity contribution < 1.29 is 13.8 Å². The number of urea groups is 1. The zero-order valence-electron chi connectivity index (χ0n) is 12.5. The molecule has 0 aromatic heterocycles. The zero-order chi connectivity index (χ0) is 15.2. The van der Waals surface area contributed by atoms with Gasteiger partial charge >= 0.3 is 6.03 Å². The van der Waals surface area contributed by atoms with E-state index in [-0.39, 0.29) is 24.0 Å². The van der Waals surface area contributed by atoms with Crippen molar-refractivity contribution in [2.45, 2.75) is 39.7 Å². The van der Waals surface area contributed by atoms with Crippen LogP contribution < -0.4 is 10.6 Å². The van der Waals surface area contributed by atoms with E-state index in [0.29, 0.717) is 18.6 Å². The largest absolute Gasteiger partial charge is 0.334 e. The van der Waals surface area contributed by atoms with Gasteiger partial charge in [0.15, 0.2) is 0 Å². The van der Waals surface area contributed by atoms with E-state index in [4.69, 9.17) is 0 Å². The van der Waals surface area contributed by atoms with Crippen LogP contribution in [-0.4, -0.2) is 52.3 Å². The molecular weight excluding hydrogens is 278 g/mol. The van der Waals surface area contributed by atoms with Crippen LogP contribution in [0.1, 0.15) is 33.6 Å². The van der Waals surface area contributed by atoms with Crippen molar-refractivity contribution in [2.24, 2.45) is 5.41 Å². The molecule has 1 aliphatic rings. The van der Waals surface area contributed by atoms with E-state index in [1.165, 1.54) is 0 Å². The number of carbonyl (C=O) groups is 2. The second kappa shape index (κ2) is 7.73. The van der Waals surface area contributed by atoms with Crippen LogP contribution in [0.15, 0.2) is 0 Å². The van der Waals surface area contributed by atoms with Gasteiger partial charge in [-0.2, -0.15) is 0 Å². The maximum absolute atomic E-state index is 12.0. The van der Waals surface area contributed by atoms with Gasteiger partial charge in [-0.25, -0.2) is 13.3 Å². The van der Waals surface area contributed by atoms with Crippen LogP contribution in [-0.2, 0) is 15.8 Å². The SMILES string of the molecule is CC(C)(C)C(CN1CCCCS1=O)NC(=O)NCC=O. The number of rotatable bonds is 5.